The van der Waals surface area contributed by atoms with E-state index in [1.165, 1.54) is 0 Å². The molecule has 2 aromatic rings. The van der Waals surface area contributed by atoms with Crippen molar-refractivity contribution in [3.8, 4) is 0 Å². The molecule has 0 aliphatic rings. The molecular weight excluding hydrogens is 186 g/mol. The van der Waals surface area contributed by atoms with Gasteiger partial charge in [0.15, 0.2) is 0 Å². The molecule has 0 amide bonds. The molecule has 0 spiro atoms. The minimum atomic E-state index is -0.0103. The standard InChI is InChI=1S/C13H11NO/c15-13-10-6-2-5-9-12(13)14-11-7-3-1-4-8-11/h1-10H,(H,14,15). The minimum Gasteiger partial charge on any atom is -0.352 e. The van der Waals surface area contributed by atoms with E-state index in [-0.39, 0.29) is 5.43 Å². The van der Waals surface area contributed by atoms with Crippen LogP contribution >= 0.6 is 0 Å². The predicted molar refractivity (Wildman–Crippen MR) is 62.4 cm³/mol. The van der Waals surface area contributed by atoms with Crippen LogP contribution in [0.1, 0.15) is 0 Å². The Balaban J connectivity index is 2.34. The summed E-state index contributed by atoms with van der Waals surface area (Å²) in [6.45, 7) is 0. The number of rotatable bonds is 2. The highest BCUT2D eigenvalue weighted by molar-refractivity contribution is 5.58. The first-order chi connectivity index (χ1) is 7.36. The third kappa shape index (κ3) is 2.44. The average molecular weight is 197 g/mol. The van der Waals surface area contributed by atoms with Gasteiger partial charge < -0.3 is 5.32 Å². The summed E-state index contributed by atoms with van der Waals surface area (Å²) in [6, 6.07) is 18.4. The zero-order valence-corrected chi connectivity index (χ0v) is 8.18. The Morgan fingerprint density at radius 2 is 1.33 bits per heavy atom. The second-order valence-corrected chi connectivity index (χ2v) is 3.18. The van der Waals surface area contributed by atoms with Crippen LogP contribution in [0.2, 0.25) is 0 Å². The molecule has 2 nitrogen and oxygen atoms in total. The first-order valence-corrected chi connectivity index (χ1v) is 4.78. The molecule has 0 atom stereocenters. The number of hydrogen-bond acceptors (Lipinski definition) is 2. The van der Waals surface area contributed by atoms with E-state index in [2.05, 4.69) is 5.32 Å². The van der Waals surface area contributed by atoms with E-state index < -0.39 is 0 Å². The molecule has 0 aliphatic carbocycles. The molecule has 1 N–H and O–H groups in total. The van der Waals surface area contributed by atoms with E-state index in [4.69, 9.17) is 0 Å². The maximum atomic E-state index is 11.6. The lowest BCUT2D eigenvalue weighted by molar-refractivity contribution is 1.53. The molecule has 0 heterocycles. The highest BCUT2D eigenvalue weighted by Crippen LogP contribution is 2.10. The van der Waals surface area contributed by atoms with E-state index >= 15 is 0 Å². The average Bonchev–Trinajstić information content (AvgIpc) is 2.46. The van der Waals surface area contributed by atoms with Gasteiger partial charge in [0.1, 0.15) is 0 Å². The van der Waals surface area contributed by atoms with Gasteiger partial charge in [-0.15, -0.1) is 0 Å². The SMILES string of the molecule is O=c1cccccc1Nc1ccccc1. The van der Waals surface area contributed by atoms with Crippen LogP contribution in [0, 0.1) is 0 Å². The lowest BCUT2D eigenvalue weighted by Gasteiger charge is -2.02. The van der Waals surface area contributed by atoms with Gasteiger partial charge in [0.05, 0.1) is 5.69 Å². The van der Waals surface area contributed by atoms with Crippen molar-refractivity contribution in [2.24, 2.45) is 0 Å². The second kappa shape index (κ2) is 4.42. The quantitative estimate of drug-likeness (QED) is 0.802. The summed E-state index contributed by atoms with van der Waals surface area (Å²) in [6.07, 6.45) is 0. The largest absolute Gasteiger partial charge is 0.352 e. The molecule has 0 unspecified atom stereocenters. The summed E-state index contributed by atoms with van der Waals surface area (Å²) < 4.78 is 0. The summed E-state index contributed by atoms with van der Waals surface area (Å²) in [7, 11) is 0. The summed E-state index contributed by atoms with van der Waals surface area (Å²) >= 11 is 0. The third-order valence-corrected chi connectivity index (χ3v) is 2.05. The van der Waals surface area contributed by atoms with Gasteiger partial charge in [0.25, 0.3) is 0 Å². The van der Waals surface area contributed by atoms with Crippen molar-refractivity contribution in [3.63, 3.8) is 0 Å². The summed E-state index contributed by atoms with van der Waals surface area (Å²) in [5.74, 6) is 0. The van der Waals surface area contributed by atoms with Gasteiger partial charge in [-0.05, 0) is 24.3 Å². The second-order valence-electron chi connectivity index (χ2n) is 3.18. The summed E-state index contributed by atoms with van der Waals surface area (Å²) in [4.78, 5) is 11.6. The van der Waals surface area contributed by atoms with Gasteiger partial charge in [0, 0.05) is 5.69 Å². The molecule has 0 fully saturated rings. The first kappa shape index (κ1) is 9.46. The minimum absolute atomic E-state index is 0.0103. The smallest absolute Gasteiger partial charge is 0.201 e. The lowest BCUT2D eigenvalue weighted by atomic mass is 10.3. The number of para-hydroxylation sites is 1. The van der Waals surface area contributed by atoms with Gasteiger partial charge in [-0.3, -0.25) is 4.79 Å². The van der Waals surface area contributed by atoms with Crippen LogP contribution in [0.5, 0.6) is 0 Å². The maximum absolute atomic E-state index is 11.6. The molecule has 0 saturated heterocycles. The topological polar surface area (TPSA) is 29.1 Å². The molecule has 0 aliphatic heterocycles. The van der Waals surface area contributed by atoms with Crippen molar-refractivity contribution in [2.75, 3.05) is 5.32 Å². The fraction of sp³-hybridized carbons (Fsp3) is 0. The zero-order chi connectivity index (χ0) is 10.5. The number of nitrogens with one attached hydrogen (secondary N) is 1. The van der Waals surface area contributed by atoms with Gasteiger partial charge in [-0.25, -0.2) is 0 Å². The van der Waals surface area contributed by atoms with Gasteiger partial charge >= 0.3 is 0 Å². The first-order valence-electron chi connectivity index (χ1n) is 4.78. The molecule has 0 aromatic heterocycles. The van der Waals surface area contributed by atoms with E-state index in [0.29, 0.717) is 5.69 Å². The van der Waals surface area contributed by atoms with Crippen LogP contribution in [0.25, 0.3) is 0 Å². The Kier molecular flexibility index (Phi) is 2.79. The van der Waals surface area contributed by atoms with Crippen LogP contribution < -0.4 is 10.7 Å². The molecule has 74 valence electrons. The summed E-state index contributed by atoms with van der Waals surface area (Å²) in [5, 5.41) is 3.08. The van der Waals surface area contributed by atoms with Crippen LogP contribution in [0.4, 0.5) is 11.4 Å². The van der Waals surface area contributed by atoms with E-state index in [9.17, 15) is 4.79 Å². The number of hydrogen-bond donors (Lipinski definition) is 1. The van der Waals surface area contributed by atoms with Gasteiger partial charge in [-0.1, -0.05) is 36.4 Å². The van der Waals surface area contributed by atoms with Crippen LogP contribution in [-0.4, -0.2) is 0 Å². The molecule has 2 heteroatoms. The van der Waals surface area contributed by atoms with Crippen molar-refractivity contribution >= 4 is 11.4 Å². The molecule has 2 rings (SSSR count). The van der Waals surface area contributed by atoms with Crippen molar-refractivity contribution in [1.82, 2.24) is 0 Å². The number of benzene rings is 1. The molecular formula is C13H11NO. The Morgan fingerprint density at radius 3 is 2.07 bits per heavy atom. The molecule has 0 saturated carbocycles. The Hall–Kier alpha value is -2.09. The maximum Gasteiger partial charge on any atom is 0.201 e. The fourth-order valence-electron chi connectivity index (χ4n) is 1.31. The molecule has 0 bridgehead atoms. The van der Waals surface area contributed by atoms with Crippen molar-refractivity contribution in [1.29, 1.82) is 0 Å². The molecule has 15 heavy (non-hydrogen) atoms. The predicted octanol–water partition coefficient (Wildman–Crippen LogP) is 2.79. The Morgan fingerprint density at radius 1 is 0.733 bits per heavy atom. The molecule has 2 aromatic carbocycles. The normalized spacial score (nSPS) is 9.60. The Bertz CT molecular complexity index is 494. The van der Waals surface area contributed by atoms with Gasteiger partial charge in [0.2, 0.25) is 5.43 Å². The highest BCUT2D eigenvalue weighted by Gasteiger charge is 1.95. The van der Waals surface area contributed by atoms with E-state index in [1.54, 1.807) is 18.2 Å². The molecule has 0 radical (unpaired) electrons. The lowest BCUT2D eigenvalue weighted by Crippen LogP contribution is -2.03. The monoisotopic (exact) mass is 197 g/mol. The van der Waals surface area contributed by atoms with Crippen LogP contribution in [0.15, 0.2) is 65.5 Å². The summed E-state index contributed by atoms with van der Waals surface area (Å²) in [5.41, 5.74) is 1.50. The van der Waals surface area contributed by atoms with Crippen molar-refractivity contribution in [2.45, 2.75) is 0 Å². The van der Waals surface area contributed by atoms with Gasteiger partial charge in [-0.2, -0.15) is 0 Å². The number of anilines is 2. The third-order valence-electron chi connectivity index (χ3n) is 2.05. The van der Waals surface area contributed by atoms with Crippen LogP contribution in [-0.2, 0) is 0 Å². The zero-order valence-electron chi connectivity index (χ0n) is 8.18. The van der Waals surface area contributed by atoms with Crippen molar-refractivity contribution < 1.29 is 0 Å². The van der Waals surface area contributed by atoms with Crippen LogP contribution in [0.3, 0.4) is 0 Å². The highest BCUT2D eigenvalue weighted by atomic mass is 16.1. The Labute approximate surface area is 88.2 Å². The van der Waals surface area contributed by atoms with E-state index in [0.717, 1.165) is 5.69 Å². The van der Waals surface area contributed by atoms with Crippen molar-refractivity contribution in [3.05, 3.63) is 70.9 Å². The fourth-order valence-corrected chi connectivity index (χ4v) is 1.31. The van der Waals surface area contributed by atoms with E-state index in [1.807, 2.05) is 42.5 Å².